The maximum atomic E-state index is 12.7. The molecule has 0 unspecified atom stereocenters. The molecular weight excluding hydrogens is 320 g/mol. The molecule has 7 nitrogen and oxygen atoms in total. The largest absolute Gasteiger partial charge is 0.466 e. The molecule has 0 bridgehead atoms. The highest BCUT2D eigenvalue weighted by molar-refractivity contribution is 5.95. The van der Waals surface area contributed by atoms with Gasteiger partial charge in [0, 0.05) is 26.2 Å². The summed E-state index contributed by atoms with van der Waals surface area (Å²) < 4.78 is 5.45. The molecule has 2 N–H and O–H groups in total. The van der Waals surface area contributed by atoms with Crippen LogP contribution in [0.4, 0.5) is 5.82 Å². The molecule has 1 aliphatic heterocycles. The highest BCUT2D eigenvalue weighted by Crippen LogP contribution is 2.17. The number of carbonyl (C=O) groups is 2. The summed E-state index contributed by atoms with van der Waals surface area (Å²) >= 11 is 0. The van der Waals surface area contributed by atoms with E-state index in [0.717, 1.165) is 12.2 Å². The van der Waals surface area contributed by atoms with E-state index in [-0.39, 0.29) is 11.8 Å². The molecule has 0 spiro atoms. The highest BCUT2D eigenvalue weighted by atomic mass is 16.3. The third kappa shape index (κ3) is 3.65. The van der Waals surface area contributed by atoms with Gasteiger partial charge in [-0.05, 0) is 38.5 Å². The predicted octanol–water partition coefficient (Wildman–Crippen LogP) is 1.86. The fraction of sp³-hybridized carbons (Fsp3) is 0.389. The molecule has 1 aliphatic rings. The number of aromatic nitrogens is 1. The second kappa shape index (κ2) is 6.96. The second-order valence-electron chi connectivity index (χ2n) is 6.21. The molecule has 2 aromatic rings. The normalized spacial score (nSPS) is 15.1. The van der Waals surface area contributed by atoms with E-state index in [4.69, 9.17) is 10.2 Å². The monoisotopic (exact) mass is 342 g/mol. The minimum Gasteiger partial charge on any atom is -0.466 e. The van der Waals surface area contributed by atoms with Crippen molar-refractivity contribution in [3.8, 4) is 0 Å². The zero-order chi connectivity index (χ0) is 18.0. The van der Waals surface area contributed by atoms with Crippen molar-refractivity contribution in [1.29, 1.82) is 0 Å². The number of pyridine rings is 1. The number of aryl methyl sites for hydroxylation is 2. The molecule has 1 saturated heterocycles. The number of furan rings is 1. The SMILES string of the molecule is Cc1cc(C(=O)N2CCCN(C(=O)c3cccc(N)n3)CC2)c(C)o1. The molecule has 25 heavy (non-hydrogen) atoms. The average molecular weight is 342 g/mol. The van der Waals surface area contributed by atoms with E-state index in [1.807, 2.05) is 6.92 Å². The third-order valence-electron chi connectivity index (χ3n) is 4.33. The van der Waals surface area contributed by atoms with Crippen LogP contribution < -0.4 is 5.73 Å². The van der Waals surface area contributed by atoms with E-state index in [1.165, 1.54) is 0 Å². The first-order valence-corrected chi connectivity index (χ1v) is 8.34. The first-order valence-electron chi connectivity index (χ1n) is 8.34. The number of nitrogens with zero attached hydrogens (tertiary/aromatic N) is 3. The Kier molecular flexibility index (Phi) is 4.74. The van der Waals surface area contributed by atoms with Gasteiger partial charge in [0.15, 0.2) is 0 Å². The summed E-state index contributed by atoms with van der Waals surface area (Å²) in [6.07, 6.45) is 0.718. The van der Waals surface area contributed by atoms with Crippen LogP contribution in [-0.2, 0) is 0 Å². The van der Waals surface area contributed by atoms with Gasteiger partial charge in [0.05, 0.1) is 5.56 Å². The van der Waals surface area contributed by atoms with E-state index in [9.17, 15) is 9.59 Å². The Labute approximate surface area is 146 Å². The minimum absolute atomic E-state index is 0.0503. The van der Waals surface area contributed by atoms with Crippen molar-refractivity contribution in [2.75, 3.05) is 31.9 Å². The van der Waals surface area contributed by atoms with Crippen LogP contribution in [0, 0.1) is 13.8 Å². The quantitative estimate of drug-likeness (QED) is 0.899. The summed E-state index contributed by atoms with van der Waals surface area (Å²) in [5, 5.41) is 0. The first kappa shape index (κ1) is 17.0. The molecule has 0 saturated carbocycles. The van der Waals surface area contributed by atoms with E-state index in [2.05, 4.69) is 4.98 Å². The summed E-state index contributed by atoms with van der Waals surface area (Å²) in [6, 6.07) is 6.79. The molecule has 0 atom stereocenters. The van der Waals surface area contributed by atoms with Crippen molar-refractivity contribution >= 4 is 17.6 Å². The lowest BCUT2D eigenvalue weighted by Gasteiger charge is -2.22. The number of nitrogen functional groups attached to an aromatic ring is 1. The van der Waals surface area contributed by atoms with Gasteiger partial charge in [-0.1, -0.05) is 6.07 Å². The molecule has 2 amide bonds. The summed E-state index contributed by atoms with van der Waals surface area (Å²) in [7, 11) is 0. The van der Waals surface area contributed by atoms with E-state index in [0.29, 0.717) is 49.0 Å². The number of carbonyl (C=O) groups excluding carboxylic acids is 2. The topological polar surface area (TPSA) is 92.7 Å². The lowest BCUT2D eigenvalue weighted by molar-refractivity contribution is 0.0715. The maximum absolute atomic E-state index is 12.7. The van der Waals surface area contributed by atoms with Gasteiger partial charge < -0.3 is 20.0 Å². The van der Waals surface area contributed by atoms with Crippen molar-refractivity contribution in [1.82, 2.24) is 14.8 Å². The van der Waals surface area contributed by atoms with Gasteiger partial charge in [-0.2, -0.15) is 0 Å². The molecular formula is C18H22N4O3. The van der Waals surface area contributed by atoms with E-state index >= 15 is 0 Å². The summed E-state index contributed by atoms with van der Waals surface area (Å²) in [6.45, 7) is 5.76. The number of hydrogen-bond acceptors (Lipinski definition) is 5. The summed E-state index contributed by atoms with van der Waals surface area (Å²) in [4.78, 5) is 32.9. The van der Waals surface area contributed by atoms with Gasteiger partial charge in [-0.15, -0.1) is 0 Å². The zero-order valence-corrected chi connectivity index (χ0v) is 14.5. The average Bonchev–Trinajstić information content (AvgIpc) is 2.79. The van der Waals surface area contributed by atoms with Gasteiger partial charge in [0.2, 0.25) is 0 Å². The highest BCUT2D eigenvalue weighted by Gasteiger charge is 2.25. The van der Waals surface area contributed by atoms with Gasteiger partial charge in [-0.3, -0.25) is 9.59 Å². The summed E-state index contributed by atoms with van der Waals surface area (Å²) in [5.41, 5.74) is 6.58. The Morgan fingerprint density at radius 2 is 1.76 bits per heavy atom. The first-order chi connectivity index (χ1) is 12.0. The molecule has 3 heterocycles. The number of anilines is 1. The molecule has 0 aromatic carbocycles. The van der Waals surface area contributed by atoms with Crippen LogP contribution in [0.3, 0.4) is 0 Å². The van der Waals surface area contributed by atoms with Crippen molar-refractivity contribution in [3.05, 3.63) is 47.0 Å². The van der Waals surface area contributed by atoms with Crippen LogP contribution in [0.1, 0.15) is 38.8 Å². The fourth-order valence-corrected chi connectivity index (χ4v) is 3.07. The maximum Gasteiger partial charge on any atom is 0.272 e. The molecule has 7 heteroatoms. The van der Waals surface area contributed by atoms with Crippen LogP contribution in [0.2, 0.25) is 0 Å². The van der Waals surface area contributed by atoms with Crippen LogP contribution in [0.25, 0.3) is 0 Å². The molecule has 132 valence electrons. The Bertz CT molecular complexity index is 799. The van der Waals surface area contributed by atoms with Crippen LogP contribution in [0.15, 0.2) is 28.7 Å². The minimum atomic E-state index is -0.156. The Balaban J connectivity index is 1.69. The predicted molar refractivity (Wildman–Crippen MR) is 93.3 cm³/mol. The number of amides is 2. The lowest BCUT2D eigenvalue weighted by atomic mass is 10.2. The molecule has 1 fully saturated rings. The Hall–Kier alpha value is -2.83. The number of nitrogens with two attached hydrogens (primary N) is 1. The van der Waals surface area contributed by atoms with E-state index < -0.39 is 0 Å². The van der Waals surface area contributed by atoms with Gasteiger partial charge in [-0.25, -0.2) is 4.98 Å². The fourth-order valence-electron chi connectivity index (χ4n) is 3.07. The number of hydrogen-bond donors (Lipinski definition) is 1. The summed E-state index contributed by atoms with van der Waals surface area (Å²) in [5.74, 6) is 1.47. The van der Waals surface area contributed by atoms with Crippen molar-refractivity contribution in [3.63, 3.8) is 0 Å². The van der Waals surface area contributed by atoms with Gasteiger partial charge in [0.1, 0.15) is 23.0 Å². The van der Waals surface area contributed by atoms with Crippen molar-refractivity contribution < 1.29 is 14.0 Å². The van der Waals surface area contributed by atoms with Crippen LogP contribution in [-0.4, -0.2) is 52.8 Å². The van der Waals surface area contributed by atoms with Crippen molar-refractivity contribution in [2.24, 2.45) is 0 Å². The van der Waals surface area contributed by atoms with E-state index in [1.54, 1.807) is 41.0 Å². The zero-order valence-electron chi connectivity index (χ0n) is 14.5. The molecule has 0 radical (unpaired) electrons. The molecule has 0 aliphatic carbocycles. The van der Waals surface area contributed by atoms with Crippen LogP contribution >= 0.6 is 0 Å². The van der Waals surface area contributed by atoms with Crippen molar-refractivity contribution in [2.45, 2.75) is 20.3 Å². The third-order valence-corrected chi connectivity index (χ3v) is 4.33. The molecule has 2 aromatic heterocycles. The lowest BCUT2D eigenvalue weighted by Crippen LogP contribution is -2.37. The number of rotatable bonds is 2. The Morgan fingerprint density at radius 3 is 2.36 bits per heavy atom. The Morgan fingerprint density at radius 1 is 1.08 bits per heavy atom. The van der Waals surface area contributed by atoms with Crippen LogP contribution in [0.5, 0.6) is 0 Å². The second-order valence-corrected chi connectivity index (χ2v) is 6.21. The van der Waals surface area contributed by atoms with Gasteiger partial charge in [0.25, 0.3) is 11.8 Å². The standard InChI is InChI=1S/C18H22N4O3/c1-12-11-14(13(2)25-12)17(23)21-7-4-8-22(10-9-21)18(24)15-5-3-6-16(19)20-15/h3,5-6,11H,4,7-10H2,1-2H3,(H2,19,20). The smallest absolute Gasteiger partial charge is 0.272 e. The van der Waals surface area contributed by atoms with Gasteiger partial charge >= 0.3 is 0 Å². The molecule has 3 rings (SSSR count).